The lowest BCUT2D eigenvalue weighted by molar-refractivity contribution is 0.0637. The van der Waals surface area contributed by atoms with Crippen molar-refractivity contribution < 1.29 is 9.53 Å². The van der Waals surface area contributed by atoms with E-state index in [1.54, 1.807) is 9.47 Å². The smallest absolute Gasteiger partial charge is 0.315 e. The van der Waals surface area contributed by atoms with Crippen molar-refractivity contribution >= 4 is 5.91 Å². The van der Waals surface area contributed by atoms with Crippen molar-refractivity contribution in [2.24, 2.45) is 0 Å². The first kappa shape index (κ1) is 15.3. The average molecular weight is 313 g/mol. The van der Waals surface area contributed by atoms with Crippen molar-refractivity contribution in [2.75, 3.05) is 6.54 Å². The van der Waals surface area contributed by atoms with Crippen LogP contribution in [0.1, 0.15) is 29.9 Å². The molecule has 1 amide bonds. The fourth-order valence-corrected chi connectivity index (χ4v) is 2.67. The van der Waals surface area contributed by atoms with Crippen LogP contribution in [-0.2, 0) is 13.2 Å². The van der Waals surface area contributed by atoms with Crippen LogP contribution >= 0.6 is 0 Å². The average Bonchev–Trinajstić information content (AvgIpc) is 2.55. The lowest BCUT2D eigenvalue weighted by atomic mass is 10.2. The fraction of sp³-hybridized carbons (Fsp3) is 0.353. The molecule has 1 aliphatic rings. The van der Waals surface area contributed by atoms with Gasteiger partial charge in [0.05, 0.1) is 6.33 Å². The molecule has 6 nitrogen and oxygen atoms in total. The SMILES string of the molecule is CC(C)N1CCn2cnc(=O)c(OCc3ccccc3)c2C1=O. The number of carbonyl (C=O) groups excluding carboxylic acids is 1. The number of hydrogen-bond donors (Lipinski definition) is 0. The minimum absolute atomic E-state index is 0.0340. The van der Waals surface area contributed by atoms with Crippen LogP contribution in [0, 0.1) is 0 Å². The van der Waals surface area contributed by atoms with Crippen molar-refractivity contribution in [1.29, 1.82) is 0 Å². The summed E-state index contributed by atoms with van der Waals surface area (Å²) < 4.78 is 7.37. The highest BCUT2D eigenvalue weighted by atomic mass is 16.5. The van der Waals surface area contributed by atoms with E-state index in [9.17, 15) is 9.59 Å². The van der Waals surface area contributed by atoms with Gasteiger partial charge in [-0.05, 0) is 19.4 Å². The van der Waals surface area contributed by atoms with Crippen molar-refractivity contribution in [1.82, 2.24) is 14.5 Å². The van der Waals surface area contributed by atoms with Crippen LogP contribution in [0.2, 0.25) is 0 Å². The Balaban J connectivity index is 1.95. The Labute approximate surface area is 134 Å². The number of aromatic nitrogens is 2. The molecular weight excluding hydrogens is 294 g/mol. The molecule has 0 bridgehead atoms. The summed E-state index contributed by atoms with van der Waals surface area (Å²) in [6, 6.07) is 9.59. The molecule has 0 saturated carbocycles. The number of rotatable bonds is 4. The van der Waals surface area contributed by atoms with Crippen LogP contribution in [0.3, 0.4) is 0 Å². The lowest BCUT2D eigenvalue weighted by Crippen LogP contribution is -2.45. The molecule has 0 N–H and O–H groups in total. The van der Waals surface area contributed by atoms with Gasteiger partial charge in [0.2, 0.25) is 5.75 Å². The molecule has 1 aliphatic heterocycles. The second-order valence-electron chi connectivity index (χ2n) is 5.79. The van der Waals surface area contributed by atoms with E-state index in [1.807, 2.05) is 44.2 Å². The third-order valence-corrected chi connectivity index (χ3v) is 3.91. The minimum atomic E-state index is -0.508. The highest BCUT2D eigenvalue weighted by Crippen LogP contribution is 2.21. The summed E-state index contributed by atoms with van der Waals surface area (Å²) in [6.45, 7) is 5.35. The molecule has 0 spiro atoms. The van der Waals surface area contributed by atoms with E-state index in [1.165, 1.54) is 6.33 Å². The molecule has 0 unspecified atom stereocenters. The molecule has 6 heteroatoms. The molecule has 2 aromatic rings. The zero-order valence-electron chi connectivity index (χ0n) is 13.2. The molecule has 0 atom stereocenters. The monoisotopic (exact) mass is 313 g/mol. The molecule has 2 heterocycles. The lowest BCUT2D eigenvalue weighted by Gasteiger charge is -2.33. The topological polar surface area (TPSA) is 64.4 Å². The third kappa shape index (κ3) is 2.97. The predicted molar refractivity (Wildman–Crippen MR) is 85.4 cm³/mol. The Kier molecular flexibility index (Phi) is 4.14. The first-order valence-corrected chi connectivity index (χ1v) is 7.65. The Morgan fingerprint density at radius 1 is 1.17 bits per heavy atom. The quantitative estimate of drug-likeness (QED) is 0.861. The van der Waals surface area contributed by atoms with Gasteiger partial charge in [-0.15, -0.1) is 0 Å². The maximum atomic E-state index is 12.7. The van der Waals surface area contributed by atoms with Crippen molar-refractivity contribution in [3.05, 3.63) is 58.3 Å². The highest BCUT2D eigenvalue weighted by molar-refractivity contribution is 5.95. The maximum Gasteiger partial charge on any atom is 0.315 e. The van der Waals surface area contributed by atoms with E-state index in [4.69, 9.17) is 4.74 Å². The largest absolute Gasteiger partial charge is 0.481 e. The number of benzene rings is 1. The summed E-state index contributed by atoms with van der Waals surface area (Å²) >= 11 is 0. The van der Waals surface area contributed by atoms with E-state index in [0.717, 1.165) is 5.56 Å². The molecule has 0 aliphatic carbocycles. The van der Waals surface area contributed by atoms with E-state index < -0.39 is 5.56 Å². The van der Waals surface area contributed by atoms with E-state index in [0.29, 0.717) is 18.8 Å². The number of amides is 1. The zero-order chi connectivity index (χ0) is 16.4. The number of nitrogens with zero attached hydrogens (tertiary/aromatic N) is 3. The molecule has 0 radical (unpaired) electrons. The predicted octanol–water partition coefficient (Wildman–Crippen LogP) is 1.69. The Morgan fingerprint density at radius 3 is 2.61 bits per heavy atom. The van der Waals surface area contributed by atoms with Gasteiger partial charge >= 0.3 is 5.56 Å². The van der Waals surface area contributed by atoms with Crippen LogP contribution in [-0.4, -0.2) is 32.9 Å². The summed E-state index contributed by atoms with van der Waals surface area (Å²) in [7, 11) is 0. The second-order valence-corrected chi connectivity index (χ2v) is 5.79. The van der Waals surface area contributed by atoms with Crippen LogP contribution in [0.5, 0.6) is 5.75 Å². The molecule has 120 valence electrons. The Morgan fingerprint density at radius 2 is 1.91 bits per heavy atom. The fourth-order valence-electron chi connectivity index (χ4n) is 2.67. The number of fused-ring (bicyclic) bond motifs is 1. The van der Waals surface area contributed by atoms with Crippen LogP contribution in [0.4, 0.5) is 0 Å². The number of carbonyl (C=O) groups is 1. The first-order valence-electron chi connectivity index (χ1n) is 7.65. The standard InChI is InChI=1S/C17H19N3O3/c1-12(2)20-9-8-19-11-18-16(21)15(14(19)17(20)22)23-10-13-6-4-3-5-7-13/h3-7,11-12H,8-10H2,1-2H3. The van der Waals surface area contributed by atoms with Crippen molar-refractivity contribution in [2.45, 2.75) is 33.0 Å². The van der Waals surface area contributed by atoms with Crippen LogP contribution < -0.4 is 10.3 Å². The van der Waals surface area contributed by atoms with Gasteiger partial charge in [-0.2, -0.15) is 4.98 Å². The summed E-state index contributed by atoms with van der Waals surface area (Å²) in [5, 5.41) is 0. The summed E-state index contributed by atoms with van der Waals surface area (Å²) in [6.07, 6.45) is 1.42. The summed E-state index contributed by atoms with van der Waals surface area (Å²) in [4.78, 5) is 30.4. The van der Waals surface area contributed by atoms with Gasteiger partial charge in [-0.25, -0.2) is 0 Å². The molecule has 1 aromatic heterocycles. The Hall–Kier alpha value is -2.63. The highest BCUT2D eigenvalue weighted by Gasteiger charge is 2.30. The third-order valence-electron chi connectivity index (χ3n) is 3.91. The van der Waals surface area contributed by atoms with Gasteiger partial charge in [-0.1, -0.05) is 30.3 Å². The molecule has 23 heavy (non-hydrogen) atoms. The molecule has 1 aromatic carbocycles. The van der Waals surface area contributed by atoms with Gasteiger partial charge in [0.1, 0.15) is 6.61 Å². The van der Waals surface area contributed by atoms with Gasteiger partial charge in [0.15, 0.2) is 5.69 Å². The van der Waals surface area contributed by atoms with E-state index in [-0.39, 0.29) is 24.3 Å². The number of ether oxygens (including phenoxy) is 1. The van der Waals surface area contributed by atoms with Gasteiger partial charge in [0.25, 0.3) is 5.91 Å². The molecule has 0 fully saturated rings. The molecule has 3 rings (SSSR count). The normalized spacial score (nSPS) is 14.0. The number of hydrogen-bond acceptors (Lipinski definition) is 4. The molecular formula is C17H19N3O3. The zero-order valence-corrected chi connectivity index (χ0v) is 13.2. The van der Waals surface area contributed by atoms with Gasteiger partial charge in [-0.3, -0.25) is 9.59 Å². The van der Waals surface area contributed by atoms with Gasteiger partial charge in [0, 0.05) is 19.1 Å². The van der Waals surface area contributed by atoms with E-state index >= 15 is 0 Å². The van der Waals surface area contributed by atoms with Crippen molar-refractivity contribution in [3.8, 4) is 5.75 Å². The summed E-state index contributed by atoms with van der Waals surface area (Å²) in [5.41, 5.74) is 0.713. The van der Waals surface area contributed by atoms with Gasteiger partial charge < -0.3 is 14.2 Å². The maximum absolute atomic E-state index is 12.7. The molecule has 0 saturated heterocycles. The van der Waals surface area contributed by atoms with E-state index in [2.05, 4.69) is 4.98 Å². The Bertz CT molecular complexity index is 768. The second kappa shape index (κ2) is 6.24. The summed E-state index contributed by atoms with van der Waals surface area (Å²) in [5.74, 6) is -0.152. The first-order chi connectivity index (χ1) is 11.1. The van der Waals surface area contributed by atoms with Crippen molar-refractivity contribution in [3.63, 3.8) is 0 Å². The van der Waals surface area contributed by atoms with Crippen LogP contribution in [0.25, 0.3) is 0 Å². The van der Waals surface area contributed by atoms with Crippen LogP contribution in [0.15, 0.2) is 41.5 Å². The minimum Gasteiger partial charge on any atom is -0.481 e.